The number of carbonyl (C=O) groups is 2. The van der Waals surface area contributed by atoms with E-state index in [0.717, 1.165) is 25.2 Å². The van der Waals surface area contributed by atoms with Crippen LogP contribution in [-0.2, 0) is 21.0 Å². The lowest BCUT2D eigenvalue weighted by molar-refractivity contribution is -0.137. The highest BCUT2D eigenvalue weighted by molar-refractivity contribution is 7.89. The van der Waals surface area contributed by atoms with Crippen molar-refractivity contribution in [3.63, 3.8) is 0 Å². The maximum Gasteiger partial charge on any atom is 0.417 e. The van der Waals surface area contributed by atoms with Gasteiger partial charge in [-0.2, -0.15) is 17.5 Å². The van der Waals surface area contributed by atoms with E-state index in [1.165, 1.54) is 24.3 Å². The van der Waals surface area contributed by atoms with E-state index >= 15 is 0 Å². The van der Waals surface area contributed by atoms with Gasteiger partial charge in [-0.05, 0) is 36.4 Å². The molecule has 0 fully saturated rings. The molecule has 172 valence electrons. The molecule has 0 atom stereocenters. The summed E-state index contributed by atoms with van der Waals surface area (Å²) in [7, 11) is -3.04. The molecule has 0 bridgehead atoms. The standard InChI is InChI=1S/C20H19ClF3N3O4S/c1-3-9-25-19(29)13-5-4-6-15(10-13)32(30,31)27(2)12-18(28)26-14-7-8-17(21)16(11-14)20(22,23)24/h3-8,10-11H,1,9,12H2,2H3,(H,25,29)(H,26,28). The summed E-state index contributed by atoms with van der Waals surface area (Å²) in [4.78, 5) is 24.0. The highest BCUT2D eigenvalue weighted by Gasteiger charge is 2.33. The molecule has 7 nitrogen and oxygen atoms in total. The van der Waals surface area contributed by atoms with Crippen LogP contribution in [0.5, 0.6) is 0 Å². The lowest BCUT2D eigenvalue weighted by Gasteiger charge is -2.18. The molecule has 0 spiro atoms. The van der Waals surface area contributed by atoms with E-state index in [2.05, 4.69) is 17.2 Å². The van der Waals surface area contributed by atoms with Gasteiger partial charge >= 0.3 is 6.18 Å². The molecule has 0 saturated carbocycles. The molecule has 0 aliphatic carbocycles. The Morgan fingerprint density at radius 1 is 1.19 bits per heavy atom. The van der Waals surface area contributed by atoms with Crippen molar-refractivity contribution in [2.75, 3.05) is 25.5 Å². The predicted molar refractivity (Wildman–Crippen MR) is 114 cm³/mol. The summed E-state index contributed by atoms with van der Waals surface area (Å²) < 4.78 is 65.1. The smallest absolute Gasteiger partial charge is 0.349 e. The van der Waals surface area contributed by atoms with E-state index in [1.807, 2.05) is 0 Å². The number of hydrogen-bond donors (Lipinski definition) is 2. The van der Waals surface area contributed by atoms with Gasteiger partial charge in [0.1, 0.15) is 0 Å². The number of likely N-dealkylation sites (N-methyl/N-ethyl adjacent to an activating group) is 1. The normalized spacial score (nSPS) is 11.8. The van der Waals surface area contributed by atoms with Crippen molar-refractivity contribution in [1.82, 2.24) is 9.62 Å². The van der Waals surface area contributed by atoms with Crippen LogP contribution in [0, 0.1) is 0 Å². The van der Waals surface area contributed by atoms with Gasteiger partial charge in [-0.15, -0.1) is 6.58 Å². The second kappa shape index (κ2) is 10.2. The molecule has 32 heavy (non-hydrogen) atoms. The van der Waals surface area contributed by atoms with Gasteiger partial charge < -0.3 is 10.6 Å². The first-order valence-corrected chi connectivity index (χ1v) is 10.8. The summed E-state index contributed by atoms with van der Waals surface area (Å²) >= 11 is 5.54. The number of amides is 2. The van der Waals surface area contributed by atoms with E-state index in [4.69, 9.17) is 11.6 Å². The lowest BCUT2D eigenvalue weighted by Crippen LogP contribution is -2.35. The van der Waals surface area contributed by atoms with Crippen molar-refractivity contribution in [1.29, 1.82) is 0 Å². The largest absolute Gasteiger partial charge is 0.417 e. The molecule has 2 aromatic carbocycles. The number of benzene rings is 2. The van der Waals surface area contributed by atoms with Crippen LogP contribution >= 0.6 is 11.6 Å². The van der Waals surface area contributed by atoms with Gasteiger partial charge in [0.05, 0.1) is 22.0 Å². The Morgan fingerprint density at radius 2 is 1.88 bits per heavy atom. The Hall–Kier alpha value is -2.89. The zero-order valence-corrected chi connectivity index (χ0v) is 18.3. The first-order chi connectivity index (χ1) is 14.9. The summed E-state index contributed by atoms with van der Waals surface area (Å²) in [5.74, 6) is -1.38. The van der Waals surface area contributed by atoms with E-state index in [-0.39, 0.29) is 22.7 Å². The van der Waals surface area contributed by atoms with Gasteiger partial charge in [-0.25, -0.2) is 8.42 Å². The number of anilines is 1. The number of nitrogens with one attached hydrogen (secondary N) is 2. The maximum atomic E-state index is 13.0. The maximum absolute atomic E-state index is 13.0. The quantitative estimate of drug-likeness (QED) is 0.554. The summed E-state index contributed by atoms with van der Waals surface area (Å²) in [6.07, 6.45) is -3.26. The highest BCUT2D eigenvalue weighted by Crippen LogP contribution is 2.36. The van der Waals surface area contributed by atoms with E-state index in [1.54, 1.807) is 0 Å². The Kier molecular flexibility index (Phi) is 8.05. The number of carbonyl (C=O) groups excluding carboxylic acids is 2. The van der Waals surface area contributed by atoms with Crippen molar-refractivity contribution < 1.29 is 31.2 Å². The lowest BCUT2D eigenvalue weighted by atomic mass is 10.2. The minimum Gasteiger partial charge on any atom is -0.349 e. The summed E-state index contributed by atoms with van der Waals surface area (Å²) in [5, 5.41) is 4.19. The van der Waals surface area contributed by atoms with Gasteiger partial charge in [0.2, 0.25) is 15.9 Å². The molecule has 2 aromatic rings. The molecule has 0 aromatic heterocycles. The molecule has 2 rings (SSSR count). The van der Waals surface area contributed by atoms with Crippen LogP contribution in [0.2, 0.25) is 5.02 Å². The van der Waals surface area contributed by atoms with Crippen LogP contribution in [0.4, 0.5) is 18.9 Å². The van der Waals surface area contributed by atoms with Crippen molar-refractivity contribution in [3.8, 4) is 0 Å². The average Bonchev–Trinajstić information content (AvgIpc) is 2.72. The fourth-order valence-electron chi connectivity index (χ4n) is 2.55. The molecule has 0 unspecified atom stereocenters. The third kappa shape index (κ3) is 6.31. The highest BCUT2D eigenvalue weighted by atomic mass is 35.5. The third-order valence-electron chi connectivity index (χ3n) is 4.13. The summed E-state index contributed by atoms with van der Waals surface area (Å²) in [6.45, 7) is 2.98. The number of halogens is 4. The molecule has 0 aliphatic rings. The number of rotatable bonds is 8. The molecule has 0 saturated heterocycles. The molecular formula is C20H19ClF3N3O4S. The van der Waals surface area contributed by atoms with Crippen LogP contribution in [0.15, 0.2) is 60.0 Å². The Balaban J connectivity index is 2.15. The second-order valence-corrected chi connectivity index (χ2v) is 8.98. The van der Waals surface area contributed by atoms with Crippen molar-refractivity contribution in [3.05, 3.63) is 71.3 Å². The van der Waals surface area contributed by atoms with Gasteiger partial charge in [0, 0.05) is 24.8 Å². The van der Waals surface area contributed by atoms with Crippen LogP contribution in [0.25, 0.3) is 0 Å². The van der Waals surface area contributed by atoms with E-state index in [0.29, 0.717) is 10.4 Å². The van der Waals surface area contributed by atoms with Crippen LogP contribution in [0.1, 0.15) is 15.9 Å². The third-order valence-corrected chi connectivity index (χ3v) is 6.26. The molecule has 0 heterocycles. The molecule has 2 amide bonds. The predicted octanol–water partition coefficient (Wildman–Crippen LogP) is 3.53. The van der Waals surface area contributed by atoms with Gasteiger partial charge in [-0.3, -0.25) is 9.59 Å². The summed E-state index contributed by atoms with van der Waals surface area (Å²) in [5.41, 5.74) is -1.24. The Morgan fingerprint density at radius 3 is 2.50 bits per heavy atom. The SMILES string of the molecule is C=CCNC(=O)c1cccc(S(=O)(=O)N(C)CC(=O)Nc2ccc(Cl)c(C(F)(F)F)c2)c1. The minimum absolute atomic E-state index is 0.0895. The molecule has 12 heteroatoms. The number of alkyl halides is 3. The molecule has 0 aliphatic heterocycles. The van der Waals surface area contributed by atoms with Gasteiger partial charge in [0.15, 0.2) is 0 Å². The average molecular weight is 490 g/mol. The van der Waals surface area contributed by atoms with Gasteiger partial charge in [-0.1, -0.05) is 23.7 Å². The minimum atomic E-state index is -4.72. The number of sulfonamides is 1. The van der Waals surface area contributed by atoms with Crippen molar-refractivity contribution in [2.24, 2.45) is 0 Å². The fourth-order valence-corrected chi connectivity index (χ4v) is 3.95. The van der Waals surface area contributed by atoms with E-state index in [9.17, 15) is 31.2 Å². The second-order valence-electron chi connectivity index (χ2n) is 6.53. The molecular weight excluding hydrogens is 471 g/mol. The zero-order valence-electron chi connectivity index (χ0n) is 16.7. The van der Waals surface area contributed by atoms with Crippen LogP contribution in [0.3, 0.4) is 0 Å². The zero-order chi connectivity index (χ0) is 24.1. The van der Waals surface area contributed by atoms with Crippen molar-refractivity contribution in [2.45, 2.75) is 11.1 Å². The fraction of sp³-hybridized carbons (Fsp3) is 0.200. The van der Waals surface area contributed by atoms with Crippen LogP contribution in [-0.4, -0.2) is 44.7 Å². The monoisotopic (exact) mass is 489 g/mol. The Bertz CT molecular complexity index is 1140. The number of hydrogen-bond acceptors (Lipinski definition) is 4. The van der Waals surface area contributed by atoms with E-state index < -0.39 is 45.1 Å². The topological polar surface area (TPSA) is 95.6 Å². The molecule has 0 radical (unpaired) electrons. The first kappa shape index (κ1) is 25.4. The first-order valence-electron chi connectivity index (χ1n) is 8.98. The van der Waals surface area contributed by atoms with Crippen molar-refractivity contribution >= 4 is 39.1 Å². The summed E-state index contributed by atoms with van der Waals surface area (Å²) in [6, 6.07) is 7.98. The number of nitrogens with zero attached hydrogens (tertiary/aromatic N) is 1. The Labute approximate surface area is 187 Å². The van der Waals surface area contributed by atoms with Gasteiger partial charge in [0.25, 0.3) is 5.91 Å². The molecule has 2 N–H and O–H groups in total. The van der Waals surface area contributed by atoms with Crippen LogP contribution < -0.4 is 10.6 Å².